The summed E-state index contributed by atoms with van der Waals surface area (Å²) in [5.41, 5.74) is 1.21. The molecule has 4 nitrogen and oxygen atoms in total. The smallest absolute Gasteiger partial charge is 0.115 e. The van der Waals surface area contributed by atoms with Crippen molar-refractivity contribution in [2.24, 2.45) is 0 Å². The Hall–Kier alpha value is -1.00. The molecule has 1 atom stereocenters. The third-order valence-corrected chi connectivity index (χ3v) is 3.61. The Bertz CT molecular complexity index is 319. The fourth-order valence-electron chi connectivity index (χ4n) is 2.31. The molecule has 0 spiro atoms. The van der Waals surface area contributed by atoms with Gasteiger partial charge in [0, 0.05) is 31.1 Å². The van der Waals surface area contributed by atoms with Gasteiger partial charge >= 0.3 is 0 Å². The van der Waals surface area contributed by atoms with Crippen LogP contribution in [0.4, 0.5) is 0 Å². The number of nitrogens with zero attached hydrogens (tertiary/aromatic N) is 2. The Morgan fingerprint density at radius 2 is 2.12 bits per heavy atom. The first-order valence-corrected chi connectivity index (χ1v) is 5.77. The summed E-state index contributed by atoms with van der Waals surface area (Å²) in [7, 11) is 3.78. The van der Waals surface area contributed by atoms with E-state index < -0.39 is 0 Å². The van der Waals surface area contributed by atoms with Crippen LogP contribution in [0.2, 0.25) is 0 Å². The summed E-state index contributed by atoms with van der Waals surface area (Å²) >= 11 is 0. The van der Waals surface area contributed by atoms with Crippen molar-refractivity contribution in [3.8, 4) is 0 Å². The molecule has 0 amide bonds. The first-order valence-electron chi connectivity index (χ1n) is 5.77. The number of nitrogens with one attached hydrogen (secondary N) is 1. The standard InChI is InChI=1S/C12H19N3O/c1-13-11(10-7-14-9-15-8-10)6-12(16-2)4-3-5-12/h7-9,11,13H,3-6H2,1-2H3. The van der Waals surface area contributed by atoms with E-state index in [-0.39, 0.29) is 11.6 Å². The molecule has 0 radical (unpaired) electrons. The second-order valence-electron chi connectivity index (χ2n) is 4.46. The zero-order valence-electron chi connectivity index (χ0n) is 9.94. The molecule has 1 aromatic heterocycles. The molecule has 1 aliphatic carbocycles. The van der Waals surface area contributed by atoms with Crippen LogP contribution in [-0.4, -0.2) is 29.7 Å². The molecule has 1 aromatic rings. The molecule has 1 saturated carbocycles. The Kier molecular flexibility index (Phi) is 3.51. The number of hydrogen-bond acceptors (Lipinski definition) is 4. The molecule has 0 aromatic carbocycles. The fraction of sp³-hybridized carbons (Fsp3) is 0.667. The van der Waals surface area contributed by atoms with Crippen molar-refractivity contribution < 1.29 is 4.74 Å². The largest absolute Gasteiger partial charge is 0.378 e. The molecule has 1 aliphatic rings. The molecule has 1 unspecified atom stereocenters. The van der Waals surface area contributed by atoms with Crippen molar-refractivity contribution in [2.75, 3.05) is 14.2 Å². The van der Waals surface area contributed by atoms with Gasteiger partial charge in [0.25, 0.3) is 0 Å². The van der Waals surface area contributed by atoms with Gasteiger partial charge in [-0.1, -0.05) is 0 Å². The minimum atomic E-state index is 0.0729. The van der Waals surface area contributed by atoms with Gasteiger partial charge in [-0.3, -0.25) is 0 Å². The second-order valence-corrected chi connectivity index (χ2v) is 4.46. The van der Waals surface area contributed by atoms with Crippen molar-refractivity contribution in [1.82, 2.24) is 15.3 Å². The van der Waals surface area contributed by atoms with Crippen molar-refractivity contribution >= 4 is 0 Å². The predicted octanol–water partition coefficient (Wildman–Crippen LogP) is 1.70. The van der Waals surface area contributed by atoms with E-state index in [1.807, 2.05) is 26.6 Å². The Labute approximate surface area is 96.4 Å². The maximum atomic E-state index is 5.65. The summed E-state index contributed by atoms with van der Waals surface area (Å²) < 4.78 is 5.65. The molecule has 88 valence electrons. The topological polar surface area (TPSA) is 47.0 Å². The van der Waals surface area contributed by atoms with E-state index in [4.69, 9.17) is 4.74 Å². The van der Waals surface area contributed by atoms with Crippen molar-refractivity contribution in [2.45, 2.75) is 37.3 Å². The summed E-state index contributed by atoms with van der Waals surface area (Å²) in [4.78, 5) is 8.12. The van der Waals surface area contributed by atoms with Gasteiger partial charge in [-0.05, 0) is 32.7 Å². The molecule has 0 bridgehead atoms. The number of aromatic nitrogens is 2. The van der Waals surface area contributed by atoms with Gasteiger partial charge in [-0.25, -0.2) is 9.97 Å². The number of ether oxygens (including phenoxy) is 1. The third kappa shape index (κ3) is 2.23. The van der Waals surface area contributed by atoms with Crippen LogP contribution in [0.15, 0.2) is 18.7 Å². The van der Waals surface area contributed by atoms with E-state index in [1.165, 1.54) is 6.42 Å². The van der Waals surface area contributed by atoms with Crippen LogP contribution in [0.1, 0.15) is 37.3 Å². The number of methoxy groups -OCH3 is 1. The highest BCUT2D eigenvalue weighted by Crippen LogP contribution is 2.41. The van der Waals surface area contributed by atoms with Crippen LogP contribution in [-0.2, 0) is 4.74 Å². The van der Waals surface area contributed by atoms with Gasteiger partial charge in [-0.15, -0.1) is 0 Å². The van der Waals surface area contributed by atoms with Gasteiger partial charge in [0.15, 0.2) is 0 Å². The fourth-order valence-corrected chi connectivity index (χ4v) is 2.31. The average Bonchev–Trinajstić information content (AvgIpc) is 2.30. The van der Waals surface area contributed by atoms with Crippen molar-refractivity contribution in [3.05, 3.63) is 24.3 Å². The molecule has 0 saturated heterocycles. The van der Waals surface area contributed by atoms with Gasteiger partial charge in [0.05, 0.1) is 5.60 Å². The highest BCUT2D eigenvalue weighted by atomic mass is 16.5. The predicted molar refractivity (Wildman–Crippen MR) is 62.0 cm³/mol. The molecule has 16 heavy (non-hydrogen) atoms. The molecule has 2 rings (SSSR count). The minimum absolute atomic E-state index is 0.0729. The van der Waals surface area contributed by atoms with Crippen molar-refractivity contribution in [3.63, 3.8) is 0 Å². The van der Waals surface area contributed by atoms with E-state index in [9.17, 15) is 0 Å². The first kappa shape index (κ1) is 11.5. The molecular formula is C12H19N3O. The maximum absolute atomic E-state index is 5.65. The van der Waals surface area contributed by atoms with Gasteiger partial charge in [-0.2, -0.15) is 0 Å². The molecule has 4 heteroatoms. The number of rotatable bonds is 5. The minimum Gasteiger partial charge on any atom is -0.378 e. The van der Waals surface area contributed by atoms with Gasteiger partial charge in [0.1, 0.15) is 6.33 Å². The van der Waals surface area contributed by atoms with E-state index in [0.717, 1.165) is 24.8 Å². The Balaban J connectivity index is 2.06. The SMILES string of the molecule is CNC(CC1(OC)CCC1)c1cncnc1. The Morgan fingerprint density at radius 3 is 2.56 bits per heavy atom. The summed E-state index contributed by atoms with van der Waals surface area (Å²) in [6.45, 7) is 0. The Morgan fingerprint density at radius 1 is 1.44 bits per heavy atom. The lowest BCUT2D eigenvalue weighted by Gasteiger charge is -2.42. The normalized spacial score (nSPS) is 20.1. The summed E-state index contributed by atoms with van der Waals surface area (Å²) in [5, 5.41) is 3.32. The third-order valence-electron chi connectivity index (χ3n) is 3.61. The van der Waals surface area contributed by atoms with E-state index in [0.29, 0.717) is 0 Å². The lowest BCUT2D eigenvalue weighted by molar-refractivity contribution is -0.0834. The lowest BCUT2D eigenvalue weighted by Crippen LogP contribution is -2.42. The molecule has 1 fully saturated rings. The number of hydrogen-bond donors (Lipinski definition) is 1. The zero-order valence-corrected chi connectivity index (χ0v) is 9.94. The van der Waals surface area contributed by atoms with Crippen molar-refractivity contribution in [1.29, 1.82) is 0 Å². The second kappa shape index (κ2) is 4.89. The van der Waals surface area contributed by atoms with E-state index in [2.05, 4.69) is 15.3 Å². The highest BCUT2D eigenvalue weighted by molar-refractivity contribution is 5.11. The molecular weight excluding hydrogens is 202 g/mol. The van der Waals surface area contributed by atoms with Crippen LogP contribution < -0.4 is 5.32 Å². The lowest BCUT2D eigenvalue weighted by atomic mass is 9.75. The highest BCUT2D eigenvalue weighted by Gasteiger charge is 2.39. The van der Waals surface area contributed by atoms with Crippen LogP contribution in [0.25, 0.3) is 0 Å². The van der Waals surface area contributed by atoms with Crippen LogP contribution in [0.5, 0.6) is 0 Å². The molecule has 1 N–H and O–H groups in total. The van der Waals surface area contributed by atoms with E-state index in [1.54, 1.807) is 6.33 Å². The zero-order chi connectivity index (χ0) is 11.4. The van der Waals surface area contributed by atoms with Crippen LogP contribution >= 0.6 is 0 Å². The summed E-state index contributed by atoms with van der Waals surface area (Å²) in [5.74, 6) is 0. The van der Waals surface area contributed by atoms with Crippen LogP contribution in [0, 0.1) is 0 Å². The summed E-state index contributed by atoms with van der Waals surface area (Å²) in [6, 6.07) is 0.279. The average molecular weight is 221 g/mol. The maximum Gasteiger partial charge on any atom is 0.115 e. The first-order chi connectivity index (χ1) is 7.79. The molecule has 1 heterocycles. The molecule has 0 aliphatic heterocycles. The van der Waals surface area contributed by atoms with Gasteiger partial charge < -0.3 is 10.1 Å². The van der Waals surface area contributed by atoms with Crippen LogP contribution in [0.3, 0.4) is 0 Å². The monoisotopic (exact) mass is 221 g/mol. The van der Waals surface area contributed by atoms with Gasteiger partial charge in [0.2, 0.25) is 0 Å². The van der Waals surface area contributed by atoms with E-state index >= 15 is 0 Å². The summed E-state index contributed by atoms with van der Waals surface area (Å²) in [6.07, 6.45) is 9.89. The quantitative estimate of drug-likeness (QED) is 0.822.